The summed E-state index contributed by atoms with van der Waals surface area (Å²) >= 11 is 0. The number of rotatable bonds is 6. The van der Waals surface area contributed by atoms with Crippen molar-refractivity contribution in [3.63, 3.8) is 0 Å². The Morgan fingerprint density at radius 3 is 2.52 bits per heavy atom. The number of benzene rings is 2. The van der Waals surface area contributed by atoms with Gasteiger partial charge in [0.15, 0.2) is 0 Å². The molecule has 0 bridgehead atoms. The molecule has 5 heteroatoms. The van der Waals surface area contributed by atoms with Crippen molar-refractivity contribution in [2.75, 3.05) is 32.7 Å². The number of hydrogen-bond donors (Lipinski definition) is 0. The summed E-state index contributed by atoms with van der Waals surface area (Å²) in [5, 5.41) is 1.16. The van der Waals surface area contributed by atoms with Gasteiger partial charge in [-0.1, -0.05) is 30.3 Å². The highest BCUT2D eigenvalue weighted by Gasteiger charge is 2.26. The number of nitrogens with zero attached hydrogens (tertiary/aromatic N) is 4. The quantitative estimate of drug-likeness (QED) is 0.562. The average molecular weight is 445 g/mol. The van der Waals surface area contributed by atoms with Gasteiger partial charge in [0.25, 0.3) is 5.91 Å². The molecule has 2 aliphatic heterocycles. The SMILES string of the molecule is CC(C)N1CCN(C(=O)c2ccc3c(ccn3C[C@@H]3CCCN3Cc3ccccc3)c2)CC1. The molecule has 3 heterocycles. The Morgan fingerprint density at radius 2 is 1.76 bits per heavy atom. The van der Waals surface area contributed by atoms with Crippen molar-refractivity contribution in [3.05, 3.63) is 71.9 Å². The molecule has 174 valence electrons. The van der Waals surface area contributed by atoms with Crippen molar-refractivity contribution in [1.29, 1.82) is 0 Å². The highest BCUT2D eigenvalue weighted by atomic mass is 16.2. The van der Waals surface area contributed by atoms with E-state index in [1.807, 2.05) is 11.0 Å². The van der Waals surface area contributed by atoms with E-state index in [1.165, 1.54) is 30.5 Å². The second-order valence-corrected chi connectivity index (χ2v) is 9.92. The largest absolute Gasteiger partial charge is 0.346 e. The molecule has 5 rings (SSSR count). The highest BCUT2D eigenvalue weighted by Crippen LogP contribution is 2.25. The molecule has 0 spiro atoms. The minimum Gasteiger partial charge on any atom is -0.346 e. The first-order chi connectivity index (χ1) is 16.1. The maximum Gasteiger partial charge on any atom is 0.253 e. The molecule has 1 aromatic heterocycles. The fourth-order valence-electron chi connectivity index (χ4n) is 5.47. The predicted molar refractivity (Wildman–Crippen MR) is 134 cm³/mol. The van der Waals surface area contributed by atoms with Crippen LogP contribution >= 0.6 is 0 Å². The van der Waals surface area contributed by atoms with Gasteiger partial charge in [-0.2, -0.15) is 0 Å². The summed E-state index contributed by atoms with van der Waals surface area (Å²) in [6.45, 7) is 11.2. The van der Waals surface area contributed by atoms with Crippen LogP contribution in [0.3, 0.4) is 0 Å². The molecular weight excluding hydrogens is 408 g/mol. The Hall–Kier alpha value is -2.63. The third-order valence-electron chi connectivity index (χ3n) is 7.48. The van der Waals surface area contributed by atoms with Crippen molar-refractivity contribution in [2.45, 2.75) is 51.9 Å². The lowest BCUT2D eigenvalue weighted by molar-refractivity contribution is 0.0595. The molecule has 0 radical (unpaired) electrons. The van der Waals surface area contributed by atoms with Crippen LogP contribution in [-0.4, -0.2) is 70.0 Å². The standard InChI is InChI=1S/C28H36N4O/c1-22(2)29-15-17-30(18-16-29)28(33)25-10-11-27-24(19-25)12-14-32(27)21-26-9-6-13-31(26)20-23-7-4-3-5-8-23/h3-5,7-8,10-12,14,19,22,26H,6,9,13,15-18,20-21H2,1-2H3/t26-/m0/s1. The molecule has 0 unspecified atom stereocenters. The summed E-state index contributed by atoms with van der Waals surface area (Å²) in [6, 6.07) is 20.3. The highest BCUT2D eigenvalue weighted by molar-refractivity contribution is 5.98. The van der Waals surface area contributed by atoms with Crippen LogP contribution in [0.25, 0.3) is 10.9 Å². The third kappa shape index (κ3) is 4.85. The molecule has 0 saturated carbocycles. The number of likely N-dealkylation sites (tertiary alicyclic amines) is 1. The average Bonchev–Trinajstić information content (AvgIpc) is 3.46. The molecule has 2 aromatic carbocycles. The first-order valence-electron chi connectivity index (χ1n) is 12.5. The van der Waals surface area contributed by atoms with Crippen LogP contribution in [0.1, 0.15) is 42.6 Å². The summed E-state index contributed by atoms with van der Waals surface area (Å²) in [4.78, 5) is 20.2. The molecule has 0 aliphatic carbocycles. The molecule has 1 amide bonds. The molecule has 1 atom stereocenters. The topological polar surface area (TPSA) is 31.7 Å². The number of carbonyl (C=O) groups excluding carboxylic acids is 1. The van der Waals surface area contributed by atoms with E-state index in [4.69, 9.17) is 0 Å². The van der Waals surface area contributed by atoms with Crippen LogP contribution in [0.2, 0.25) is 0 Å². The smallest absolute Gasteiger partial charge is 0.253 e. The molecule has 3 aromatic rings. The lowest BCUT2D eigenvalue weighted by atomic mass is 10.1. The number of fused-ring (bicyclic) bond motifs is 1. The van der Waals surface area contributed by atoms with Crippen LogP contribution in [-0.2, 0) is 13.1 Å². The van der Waals surface area contributed by atoms with Crippen LogP contribution in [0.5, 0.6) is 0 Å². The first kappa shape index (κ1) is 22.2. The second-order valence-electron chi connectivity index (χ2n) is 9.92. The molecule has 0 N–H and O–H groups in total. The van der Waals surface area contributed by atoms with Crippen molar-refractivity contribution in [3.8, 4) is 0 Å². The Morgan fingerprint density at radius 1 is 0.970 bits per heavy atom. The summed E-state index contributed by atoms with van der Waals surface area (Å²) in [7, 11) is 0. The minimum absolute atomic E-state index is 0.165. The van der Waals surface area contributed by atoms with E-state index < -0.39 is 0 Å². The van der Waals surface area contributed by atoms with Gasteiger partial charge in [-0.3, -0.25) is 14.6 Å². The predicted octanol–water partition coefficient (Wildman–Crippen LogP) is 4.47. The third-order valence-corrected chi connectivity index (χ3v) is 7.48. The lowest BCUT2D eigenvalue weighted by Gasteiger charge is -2.37. The molecule has 33 heavy (non-hydrogen) atoms. The van der Waals surface area contributed by atoms with Gasteiger partial charge >= 0.3 is 0 Å². The maximum absolute atomic E-state index is 13.1. The molecule has 5 nitrogen and oxygen atoms in total. The van der Waals surface area contributed by atoms with Crippen molar-refractivity contribution in [2.24, 2.45) is 0 Å². The van der Waals surface area contributed by atoms with Crippen molar-refractivity contribution in [1.82, 2.24) is 19.3 Å². The Kier molecular flexibility index (Phi) is 6.52. The zero-order chi connectivity index (χ0) is 22.8. The Labute approximate surface area is 197 Å². The Balaban J connectivity index is 1.26. The van der Waals surface area contributed by atoms with Gasteiger partial charge in [-0.15, -0.1) is 0 Å². The van der Waals surface area contributed by atoms with Crippen molar-refractivity contribution >= 4 is 16.8 Å². The molecular formula is C28H36N4O. The van der Waals surface area contributed by atoms with Gasteiger partial charge in [-0.25, -0.2) is 0 Å². The summed E-state index contributed by atoms with van der Waals surface area (Å²) in [5.74, 6) is 0.165. The van der Waals surface area contributed by atoms with E-state index in [0.717, 1.165) is 50.2 Å². The number of amides is 1. The van der Waals surface area contributed by atoms with Gasteiger partial charge < -0.3 is 9.47 Å². The van der Waals surface area contributed by atoms with Crippen LogP contribution < -0.4 is 0 Å². The fourth-order valence-corrected chi connectivity index (χ4v) is 5.47. The second kappa shape index (κ2) is 9.70. The molecule has 2 aliphatic rings. The van der Waals surface area contributed by atoms with E-state index in [0.29, 0.717) is 12.1 Å². The first-order valence-corrected chi connectivity index (χ1v) is 12.5. The maximum atomic E-state index is 13.1. The van der Waals surface area contributed by atoms with Crippen molar-refractivity contribution < 1.29 is 4.79 Å². The van der Waals surface area contributed by atoms with Crippen LogP contribution in [0.4, 0.5) is 0 Å². The van der Waals surface area contributed by atoms with E-state index in [1.54, 1.807) is 0 Å². The summed E-state index contributed by atoms with van der Waals surface area (Å²) in [6.07, 6.45) is 4.70. The number of aromatic nitrogens is 1. The van der Waals surface area contributed by atoms with Crippen LogP contribution in [0.15, 0.2) is 60.8 Å². The van der Waals surface area contributed by atoms with Gasteiger partial charge in [-0.05, 0) is 63.1 Å². The van der Waals surface area contributed by atoms with E-state index in [9.17, 15) is 4.79 Å². The summed E-state index contributed by atoms with van der Waals surface area (Å²) in [5.41, 5.74) is 3.42. The minimum atomic E-state index is 0.165. The van der Waals surface area contributed by atoms with Crippen LogP contribution in [0, 0.1) is 0 Å². The van der Waals surface area contributed by atoms with E-state index in [-0.39, 0.29) is 5.91 Å². The van der Waals surface area contributed by atoms with Gasteiger partial charge in [0.1, 0.15) is 0 Å². The Bertz CT molecular complexity index is 1080. The van der Waals surface area contributed by atoms with E-state index in [2.05, 4.69) is 82.9 Å². The van der Waals surface area contributed by atoms with E-state index >= 15 is 0 Å². The van der Waals surface area contributed by atoms with Gasteiger partial charge in [0.05, 0.1) is 0 Å². The zero-order valence-corrected chi connectivity index (χ0v) is 20.0. The molecule has 2 fully saturated rings. The van der Waals surface area contributed by atoms with Gasteiger partial charge in [0.2, 0.25) is 0 Å². The number of hydrogen-bond acceptors (Lipinski definition) is 3. The summed E-state index contributed by atoms with van der Waals surface area (Å²) < 4.78 is 2.37. The monoisotopic (exact) mass is 444 g/mol. The number of carbonyl (C=O) groups is 1. The number of piperazine rings is 1. The fraction of sp³-hybridized carbons (Fsp3) is 0.464. The van der Waals surface area contributed by atoms with Gasteiger partial charge in [0, 0.05) is 74.0 Å². The lowest BCUT2D eigenvalue weighted by Crippen LogP contribution is -2.50. The normalized spacial score (nSPS) is 20.2. The zero-order valence-electron chi connectivity index (χ0n) is 20.0. The molecule has 2 saturated heterocycles.